The molecule has 0 radical (unpaired) electrons. The minimum atomic E-state index is -0.893. The molecule has 0 aliphatic carbocycles. The number of aliphatic hydroxyl groups is 1. The molecule has 254 valence electrons. The number of benzene rings is 2. The number of carboxylic acids is 1. The predicted molar refractivity (Wildman–Crippen MR) is 171 cm³/mol. The van der Waals surface area contributed by atoms with Crippen LogP contribution in [0, 0.1) is 0 Å². The third-order valence-corrected chi connectivity index (χ3v) is 9.39. The molecule has 0 saturated carbocycles. The summed E-state index contributed by atoms with van der Waals surface area (Å²) in [6, 6.07) is 2.82. The molecule has 10 heteroatoms. The summed E-state index contributed by atoms with van der Waals surface area (Å²) in [7, 11) is 0. The molecule has 0 spiro atoms. The van der Waals surface area contributed by atoms with Crippen molar-refractivity contribution < 1.29 is 49.3 Å². The Morgan fingerprint density at radius 1 is 0.674 bits per heavy atom. The lowest BCUT2D eigenvalue weighted by Gasteiger charge is -2.37. The molecule has 0 saturated heterocycles. The van der Waals surface area contributed by atoms with Gasteiger partial charge in [-0.3, -0.25) is 4.79 Å². The van der Waals surface area contributed by atoms with E-state index in [1.165, 1.54) is 57.1 Å². The fourth-order valence-corrected chi connectivity index (χ4v) is 6.88. The monoisotopic (exact) mass is 642 g/mol. The number of phenols is 3. The number of fused-ring (bicyclic) bond motifs is 6. The number of phenolic OH excluding ortho intramolecular Hbond substituents is 3. The van der Waals surface area contributed by atoms with Crippen LogP contribution in [0.15, 0.2) is 12.1 Å². The molecule has 46 heavy (non-hydrogen) atoms. The van der Waals surface area contributed by atoms with E-state index in [-0.39, 0.29) is 6.29 Å². The van der Waals surface area contributed by atoms with Crippen molar-refractivity contribution >= 4 is 5.97 Å². The van der Waals surface area contributed by atoms with Gasteiger partial charge >= 0.3 is 5.97 Å². The van der Waals surface area contributed by atoms with Gasteiger partial charge in [0.2, 0.25) is 0 Å². The third kappa shape index (κ3) is 8.70. The van der Waals surface area contributed by atoms with Crippen LogP contribution in [0.25, 0.3) is 0 Å². The van der Waals surface area contributed by atoms with Crippen molar-refractivity contribution in [1.82, 2.24) is 0 Å². The molecule has 0 amide bonds. The topological polar surface area (TPSA) is 155 Å². The van der Waals surface area contributed by atoms with Gasteiger partial charge in [-0.2, -0.15) is 0 Å². The van der Waals surface area contributed by atoms with Gasteiger partial charge < -0.3 is 44.5 Å². The summed E-state index contributed by atoms with van der Waals surface area (Å²) >= 11 is 0. The average molecular weight is 643 g/mol. The van der Waals surface area contributed by atoms with Gasteiger partial charge in [-0.1, -0.05) is 64.2 Å². The van der Waals surface area contributed by atoms with Crippen LogP contribution in [0.5, 0.6) is 34.5 Å². The van der Waals surface area contributed by atoms with Gasteiger partial charge in [0.1, 0.15) is 23.4 Å². The Labute approximate surface area is 271 Å². The second-order valence-corrected chi connectivity index (χ2v) is 12.9. The van der Waals surface area contributed by atoms with Crippen molar-refractivity contribution in [2.75, 3.05) is 6.61 Å². The Balaban J connectivity index is 1.07. The first-order valence-corrected chi connectivity index (χ1v) is 17.3. The Kier molecular flexibility index (Phi) is 12.2. The highest BCUT2D eigenvalue weighted by Crippen LogP contribution is 2.53. The molecule has 3 aliphatic heterocycles. The fraction of sp³-hybridized carbons (Fsp3) is 0.639. The van der Waals surface area contributed by atoms with E-state index >= 15 is 0 Å². The molecule has 0 fully saturated rings. The number of carbonyl (C=O) groups is 1. The molecule has 3 aliphatic rings. The number of unbranched alkanes of at least 4 members (excludes halogenated alkanes) is 11. The number of hydrogen-bond acceptors (Lipinski definition) is 9. The zero-order chi connectivity index (χ0) is 32.5. The maximum Gasteiger partial charge on any atom is 0.303 e. The normalized spacial score (nSPS) is 20.1. The summed E-state index contributed by atoms with van der Waals surface area (Å²) in [4.78, 5) is 10.5. The van der Waals surface area contributed by atoms with Crippen molar-refractivity contribution in [3.8, 4) is 34.5 Å². The lowest BCUT2D eigenvalue weighted by molar-refractivity contribution is -0.137. The molecule has 0 aromatic heterocycles. The number of aromatic hydroxyl groups is 3. The molecular weight excluding hydrogens is 592 g/mol. The van der Waals surface area contributed by atoms with E-state index in [1.54, 1.807) is 0 Å². The van der Waals surface area contributed by atoms with Crippen molar-refractivity contribution in [1.29, 1.82) is 0 Å². The third-order valence-electron chi connectivity index (χ3n) is 9.39. The highest BCUT2D eigenvalue weighted by atomic mass is 16.7. The fourth-order valence-electron chi connectivity index (χ4n) is 6.88. The minimum absolute atomic E-state index is 0.290. The largest absolute Gasteiger partial charge is 0.504 e. The standard InChI is InChI=1S/C36H50O10/c37-27-21-23(22-28(38)33(27)42)29-17-14-24-34(44-29)25-15-18-31(41)45-35(25)26-16-19-32(46-36(24)26)43-20-12-10-8-6-4-2-1-3-5-7-9-11-13-30(39)40/h21-22,29,31-32,37-38,41-42H,1-20H2,(H,39,40)/t29-,31?,32?/m0/s1. The first-order valence-electron chi connectivity index (χ1n) is 17.3. The molecule has 3 heterocycles. The highest BCUT2D eigenvalue weighted by molar-refractivity contribution is 5.66. The Bertz CT molecular complexity index is 1300. The van der Waals surface area contributed by atoms with E-state index in [0.29, 0.717) is 74.4 Å². The number of ether oxygens (including phenoxy) is 4. The Morgan fingerprint density at radius 3 is 1.78 bits per heavy atom. The molecule has 2 unspecified atom stereocenters. The van der Waals surface area contributed by atoms with E-state index < -0.39 is 35.6 Å². The van der Waals surface area contributed by atoms with E-state index in [9.17, 15) is 25.2 Å². The SMILES string of the molecule is O=C(O)CCCCCCCCCCCCCCOC1CCc2c3c(c4c(c2O1)CC[C@@H](c1cc(O)c(O)c(O)c1)O4)CCC(O)O3. The van der Waals surface area contributed by atoms with Crippen LogP contribution in [0.4, 0.5) is 0 Å². The van der Waals surface area contributed by atoms with Gasteiger partial charge in [0, 0.05) is 36.0 Å². The highest BCUT2D eigenvalue weighted by Gasteiger charge is 2.38. The van der Waals surface area contributed by atoms with Crippen molar-refractivity contribution in [2.45, 2.75) is 141 Å². The summed E-state index contributed by atoms with van der Waals surface area (Å²) < 4.78 is 25.1. The second-order valence-electron chi connectivity index (χ2n) is 12.9. The van der Waals surface area contributed by atoms with Crippen LogP contribution in [-0.2, 0) is 28.8 Å². The first-order chi connectivity index (χ1) is 22.3. The van der Waals surface area contributed by atoms with Crippen LogP contribution >= 0.6 is 0 Å². The van der Waals surface area contributed by atoms with Gasteiger partial charge in [0.25, 0.3) is 0 Å². The number of aliphatic carboxylic acids is 1. The van der Waals surface area contributed by atoms with Gasteiger partial charge in [-0.15, -0.1) is 0 Å². The number of carboxylic acid groups (broad SMARTS) is 1. The average Bonchev–Trinajstić information content (AvgIpc) is 3.04. The predicted octanol–water partition coefficient (Wildman–Crippen LogP) is 7.34. The first kappa shape index (κ1) is 34.0. The molecule has 5 rings (SSSR count). The summed E-state index contributed by atoms with van der Waals surface area (Å²) in [5, 5.41) is 48.9. The molecule has 10 nitrogen and oxygen atoms in total. The summed E-state index contributed by atoms with van der Waals surface area (Å²) in [5.41, 5.74) is 3.38. The number of rotatable bonds is 17. The minimum Gasteiger partial charge on any atom is -0.504 e. The van der Waals surface area contributed by atoms with Gasteiger partial charge in [0.15, 0.2) is 29.8 Å². The molecule has 0 bridgehead atoms. The van der Waals surface area contributed by atoms with Crippen molar-refractivity contribution in [3.63, 3.8) is 0 Å². The van der Waals surface area contributed by atoms with Crippen molar-refractivity contribution in [2.24, 2.45) is 0 Å². The smallest absolute Gasteiger partial charge is 0.303 e. The molecule has 3 atom stereocenters. The van der Waals surface area contributed by atoms with Crippen LogP contribution in [0.3, 0.4) is 0 Å². The number of hydrogen-bond donors (Lipinski definition) is 5. The second kappa shape index (κ2) is 16.5. The zero-order valence-corrected chi connectivity index (χ0v) is 26.8. The van der Waals surface area contributed by atoms with Crippen LogP contribution in [0.2, 0.25) is 0 Å². The van der Waals surface area contributed by atoms with Gasteiger partial charge in [-0.05, 0) is 56.2 Å². The van der Waals surface area contributed by atoms with E-state index in [4.69, 9.17) is 24.1 Å². The van der Waals surface area contributed by atoms with Gasteiger partial charge in [0.05, 0.1) is 6.61 Å². The lowest BCUT2D eigenvalue weighted by Crippen LogP contribution is -2.31. The summed E-state index contributed by atoms with van der Waals surface area (Å²) in [6.45, 7) is 0.636. The zero-order valence-electron chi connectivity index (χ0n) is 26.8. The van der Waals surface area contributed by atoms with Crippen LogP contribution in [0.1, 0.15) is 131 Å². The lowest BCUT2D eigenvalue weighted by atomic mass is 9.87. The van der Waals surface area contributed by atoms with Gasteiger partial charge in [-0.25, -0.2) is 0 Å². The Morgan fingerprint density at radius 2 is 1.17 bits per heavy atom. The van der Waals surface area contributed by atoms with Crippen LogP contribution < -0.4 is 14.2 Å². The molecule has 5 N–H and O–H groups in total. The maximum atomic E-state index is 10.5. The molecule has 2 aromatic carbocycles. The van der Waals surface area contributed by atoms with E-state index in [2.05, 4.69) is 0 Å². The number of aliphatic hydroxyl groups excluding tert-OH is 1. The quantitative estimate of drug-likeness (QED) is 0.0874. The maximum absolute atomic E-state index is 10.5. The molecular formula is C36H50O10. The summed E-state index contributed by atoms with van der Waals surface area (Å²) in [5.74, 6) is -0.0466. The van der Waals surface area contributed by atoms with Crippen LogP contribution in [-0.4, -0.2) is 50.7 Å². The summed E-state index contributed by atoms with van der Waals surface area (Å²) in [6.07, 6.45) is 16.0. The molecule has 2 aromatic rings. The van der Waals surface area contributed by atoms with Crippen molar-refractivity contribution in [3.05, 3.63) is 34.4 Å². The van der Waals surface area contributed by atoms with E-state index in [1.807, 2.05) is 0 Å². The Hall–Kier alpha value is -3.37. The van der Waals surface area contributed by atoms with E-state index in [0.717, 1.165) is 48.8 Å².